The zero-order valence-electron chi connectivity index (χ0n) is 25.7. The molecule has 0 aromatic heterocycles. The maximum Gasteiger partial charge on any atom is 0.311 e. The first-order chi connectivity index (χ1) is 17.6. The van der Waals surface area contributed by atoms with Crippen LogP contribution in [-0.4, -0.2) is 50.3 Å². The van der Waals surface area contributed by atoms with Crippen molar-refractivity contribution in [3.8, 4) is 0 Å². The van der Waals surface area contributed by atoms with Gasteiger partial charge in [0.15, 0.2) is 8.32 Å². The maximum absolute atomic E-state index is 13.1. The van der Waals surface area contributed by atoms with E-state index in [1.165, 1.54) is 0 Å². The molecule has 3 rings (SSSR count). The molecule has 1 aliphatic heterocycles. The number of aliphatic hydroxyl groups excluding tert-OH is 1. The number of aliphatic hydroxyl groups is 1. The van der Waals surface area contributed by atoms with Crippen molar-refractivity contribution in [1.29, 1.82) is 0 Å². The minimum Gasteiger partial charge on any atom is -0.462 e. The summed E-state index contributed by atoms with van der Waals surface area (Å²) in [6.45, 7) is 19.6. The number of carbonyl (C=O) groups excluding carboxylic acids is 2. The summed E-state index contributed by atoms with van der Waals surface area (Å²) >= 11 is 0. The SMILES string of the molecule is CCC(C)(C)C(=O)O[C@H]1C[C@@H](CO)C[C@@H]2CC[C@H](C)C(CC[C@@H]3C[C@@H](O[Si](C)(C)C(C)(C)C)CC(=O)O3)[C@H]21. The smallest absolute Gasteiger partial charge is 0.311 e. The Morgan fingerprint density at radius 3 is 2.37 bits per heavy atom. The highest BCUT2D eigenvalue weighted by Crippen LogP contribution is 2.51. The van der Waals surface area contributed by atoms with Crippen LogP contribution in [0.5, 0.6) is 0 Å². The maximum atomic E-state index is 13.1. The Hall–Kier alpha value is -0.923. The van der Waals surface area contributed by atoms with Crippen molar-refractivity contribution in [3.05, 3.63) is 0 Å². The Labute approximate surface area is 233 Å². The van der Waals surface area contributed by atoms with Gasteiger partial charge in [-0.3, -0.25) is 9.59 Å². The Kier molecular flexibility index (Phi) is 10.2. The van der Waals surface area contributed by atoms with E-state index in [2.05, 4.69) is 40.8 Å². The quantitative estimate of drug-likeness (QED) is 0.248. The van der Waals surface area contributed by atoms with Crippen LogP contribution in [0.2, 0.25) is 18.1 Å². The molecule has 1 unspecified atom stereocenters. The predicted molar refractivity (Wildman–Crippen MR) is 153 cm³/mol. The molecule has 38 heavy (non-hydrogen) atoms. The second-order valence-electron chi connectivity index (χ2n) is 14.9. The van der Waals surface area contributed by atoms with E-state index in [0.717, 1.165) is 51.4 Å². The summed E-state index contributed by atoms with van der Waals surface area (Å²) in [6, 6.07) is 0. The van der Waals surface area contributed by atoms with E-state index in [1.807, 2.05) is 20.8 Å². The molecule has 0 aromatic carbocycles. The summed E-state index contributed by atoms with van der Waals surface area (Å²) in [7, 11) is -1.97. The summed E-state index contributed by atoms with van der Waals surface area (Å²) in [5.74, 6) is 1.64. The monoisotopic (exact) mass is 552 g/mol. The van der Waals surface area contributed by atoms with E-state index in [4.69, 9.17) is 13.9 Å². The first-order valence-electron chi connectivity index (χ1n) is 15.3. The molecule has 0 amide bonds. The summed E-state index contributed by atoms with van der Waals surface area (Å²) in [4.78, 5) is 25.7. The predicted octanol–water partition coefficient (Wildman–Crippen LogP) is 6.89. The lowest BCUT2D eigenvalue weighted by Crippen LogP contribution is -2.49. The van der Waals surface area contributed by atoms with E-state index >= 15 is 0 Å². The molecule has 0 spiro atoms. The number of esters is 2. The Morgan fingerprint density at radius 2 is 1.76 bits per heavy atom. The van der Waals surface area contributed by atoms with Crippen molar-refractivity contribution in [3.63, 3.8) is 0 Å². The van der Waals surface area contributed by atoms with Gasteiger partial charge in [-0.05, 0) is 94.2 Å². The van der Waals surface area contributed by atoms with Crippen molar-refractivity contribution in [2.45, 2.75) is 143 Å². The number of cyclic esters (lactones) is 1. The van der Waals surface area contributed by atoms with Crippen molar-refractivity contribution >= 4 is 20.3 Å². The van der Waals surface area contributed by atoms with Gasteiger partial charge in [0.05, 0.1) is 17.9 Å². The molecule has 3 fully saturated rings. The lowest BCUT2D eigenvalue weighted by atomic mass is 9.58. The number of fused-ring (bicyclic) bond motifs is 1. The van der Waals surface area contributed by atoms with E-state index in [9.17, 15) is 14.7 Å². The lowest BCUT2D eigenvalue weighted by molar-refractivity contribution is -0.175. The van der Waals surface area contributed by atoms with Gasteiger partial charge in [-0.2, -0.15) is 0 Å². The third kappa shape index (κ3) is 7.42. The van der Waals surface area contributed by atoms with Gasteiger partial charge in [0.2, 0.25) is 0 Å². The van der Waals surface area contributed by atoms with E-state index in [-0.39, 0.29) is 47.8 Å². The Balaban J connectivity index is 1.72. The molecule has 0 aromatic rings. The van der Waals surface area contributed by atoms with Crippen LogP contribution >= 0.6 is 0 Å². The summed E-state index contributed by atoms with van der Waals surface area (Å²) in [5.41, 5.74) is -0.507. The second-order valence-corrected chi connectivity index (χ2v) is 19.6. The van der Waals surface area contributed by atoms with Crippen LogP contribution in [0.15, 0.2) is 0 Å². The van der Waals surface area contributed by atoms with Gasteiger partial charge < -0.3 is 19.0 Å². The number of ether oxygens (including phenoxy) is 2. The molecule has 7 heteroatoms. The highest BCUT2D eigenvalue weighted by molar-refractivity contribution is 6.74. The minimum atomic E-state index is -1.97. The van der Waals surface area contributed by atoms with E-state index in [0.29, 0.717) is 30.1 Å². The van der Waals surface area contributed by atoms with Crippen LogP contribution in [0.3, 0.4) is 0 Å². The van der Waals surface area contributed by atoms with Crippen LogP contribution in [0.25, 0.3) is 0 Å². The molecule has 6 nitrogen and oxygen atoms in total. The van der Waals surface area contributed by atoms with Crippen LogP contribution in [0, 0.1) is 35.0 Å². The molecule has 1 N–H and O–H groups in total. The summed E-state index contributed by atoms with van der Waals surface area (Å²) in [5, 5.41) is 10.1. The van der Waals surface area contributed by atoms with Gasteiger partial charge >= 0.3 is 11.9 Å². The Bertz CT molecular complexity index is 818. The van der Waals surface area contributed by atoms with Gasteiger partial charge in [0.25, 0.3) is 0 Å². The van der Waals surface area contributed by atoms with Crippen LogP contribution < -0.4 is 0 Å². The zero-order valence-corrected chi connectivity index (χ0v) is 26.7. The minimum absolute atomic E-state index is 0.0661. The lowest BCUT2D eigenvalue weighted by Gasteiger charge is -2.50. The highest BCUT2D eigenvalue weighted by Gasteiger charge is 2.49. The standard InChI is InChI=1S/C31H56O6Si/c1-10-31(6,7)29(34)36-26-16-21(19-32)15-22-12-11-20(2)25(28(22)26)14-13-23-17-24(18-27(33)35-23)37-38(8,9)30(3,4)5/h20-26,28,32H,10-19H2,1-9H3/t20-,21-,22-,23+,24+,25?,26-,28-/m0/s1. The molecular formula is C31H56O6Si. The molecule has 8 atom stereocenters. The van der Waals surface area contributed by atoms with Crippen LogP contribution in [0.4, 0.5) is 0 Å². The summed E-state index contributed by atoms with van der Waals surface area (Å²) in [6.07, 6.45) is 7.34. The first kappa shape index (κ1) is 31.6. The van der Waals surface area contributed by atoms with Crippen molar-refractivity contribution in [2.24, 2.45) is 35.0 Å². The molecule has 1 saturated heterocycles. The average molecular weight is 553 g/mol. The van der Waals surface area contributed by atoms with Crippen molar-refractivity contribution in [2.75, 3.05) is 6.61 Å². The largest absolute Gasteiger partial charge is 0.462 e. The van der Waals surface area contributed by atoms with Gasteiger partial charge in [-0.25, -0.2) is 0 Å². The fourth-order valence-electron chi connectivity index (χ4n) is 6.75. The Morgan fingerprint density at radius 1 is 1.08 bits per heavy atom. The van der Waals surface area contributed by atoms with Gasteiger partial charge in [0, 0.05) is 18.9 Å². The molecule has 0 bridgehead atoms. The fraction of sp³-hybridized carbons (Fsp3) is 0.935. The molecule has 2 aliphatic carbocycles. The topological polar surface area (TPSA) is 82.1 Å². The molecular weight excluding hydrogens is 496 g/mol. The van der Waals surface area contributed by atoms with Crippen LogP contribution in [-0.2, 0) is 23.5 Å². The third-order valence-electron chi connectivity index (χ3n) is 10.7. The highest BCUT2D eigenvalue weighted by atomic mass is 28.4. The number of rotatable bonds is 9. The van der Waals surface area contributed by atoms with E-state index in [1.54, 1.807) is 0 Å². The second kappa shape index (κ2) is 12.3. The molecule has 3 aliphatic rings. The normalized spacial score (nSPS) is 34.8. The van der Waals surface area contributed by atoms with Gasteiger partial charge in [-0.15, -0.1) is 0 Å². The average Bonchev–Trinajstić information content (AvgIpc) is 2.81. The zero-order chi connectivity index (χ0) is 28.5. The van der Waals surface area contributed by atoms with Crippen LogP contribution in [0.1, 0.15) is 106 Å². The molecule has 1 heterocycles. The van der Waals surface area contributed by atoms with Gasteiger partial charge in [-0.1, -0.05) is 41.0 Å². The van der Waals surface area contributed by atoms with E-state index < -0.39 is 13.7 Å². The number of hydrogen-bond acceptors (Lipinski definition) is 6. The number of carbonyl (C=O) groups is 2. The first-order valence-corrected chi connectivity index (χ1v) is 18.2. The number of hydrogen-bond donors (Lipinski definition) is 1. The third-order valence-corrected chi connectivity index (χ3v) is 15.2. The molecule has 220 valence electrons. The summed E-state index contributed by atoms with van der Waals surface area (Å²) < 4.78 is 18.8. The molecule has 0 radical (unpaired) electrons. The van der Waals surface area contributed by atoms with Crippen molar-refractivity contribution in [1.82, 2.24) is 0 Å². The van der Waals surface area contributed by atoms with Gasteiger partial charge in [0.1, 0.15) is 12.2 Å². The fourth-order valence-corrected chi connectivity index (χ4v) is 8.12. The molecule has 2 saturated carbocycles. The van der Waals surface area contributed by atoms with Crippen molar-refractivity contribution < 1.29 is 28.6 Å².